The highest BCUT2D eigenvalue weighted by Gasteiger charge is 2.32. The SMILES string of the molecule is CC1CCCC(O)(CNc2ccc([N+](=O)[O-])c(I)c2)C1. The molecule has 2 N–H and O–H groups in total. The van der Waals surface area contributed by atoms with Crippen molar-refractivity contribution in [2.45, 2.75) is 38.2 Å². The molecule has 1 saturated carbocycles. The normalized spacial score (nSPS) is 26.2. The van der Waals surface area contributed by atoms with Crippen LogP contribution in [0.3, 0.4) is 0 Å². The molecule has 1 aromatic carbocycles. The summed E-state index contributed by atoms with van der Waals surface area (Å²) in [5.74, 6) is 0.549. The zero-order valence-electron chi connectivity index (χ0n) is 11.4. The molecule has 0 bridgehead atoms. The first-order valence-electron chi connectivity index (χ1n) is 6.80. The Morgan fingerprint density at radius 3 is 2.95 bits per heavy atom. The largest absolute Gasteiger partial charge is 0.388 e. The van der Waals surface area contributed by atoms with Crippen molar-refractivity contribution in [2.24, 2.45) is 5.92 Å². The van der Waals surface area contributed by atoms with E-state index in [1.165, 1.54) is 12.5 Å². The van der Waals surface area contributed by atoms with Gasteiger partial charge in [0.15, 0.2) is 0 Å². The third-order valence-corrected chi connectivity index (χ3v) is 4.70. The van der Waals surface area contributed by atoms with E-state index in [2.05, 4.69) is 12.2 Å². The second-order valence-corrected chi connectivity index (χ2v) is 6.86. The van der Waals surface area contributed by atoms with Gasteiger partial charge < -0.3 is 10.4 Å². The molecule has 1 fully saturated rings. The van der Waals surface area contributed by atoms with Gasteiger partial charge in [-0.1, -0.05) is 19.8 Å². The molecule has 110 valence electrons. The fourth-order valence-corrected chi connectivity index (χ4v) is 3.54. The van der Waals surface area contributed by atoms with Gasteiger partial charge in [0.2, 0.25) is 0 Å². The molecule has 0 amide bonds. The quantitative estimate of drug-likeness (QED) is 0.469. The van der Waals surface area contributed by atoms with Crippen LogP contribution in [0.25, 0.3) is 0 Å². The standard InChI is InChI=1S/C14H19IN2O3/c1-10-3-2-6-14(18,8-10)9-16-11-4-5-13(17(19)20)12(15)7-11/h4-5,7,10,16,18H,2-3,6,8-9H2,1H3. The maximum Gasteiger partial charge on any atom is 0.282 e. The van der Waals surface area contributed by atoms with Crippen molar-refractivity contribution >= 4 is 34.0 Å². The lowest BCUT2D eigenvalue weighted by Crippen LogP contribution is -2.41. The minimum Gasteiger partial charge on any atom is -0.388 e. The summed E-state index contributed by atoms with van der Waals surface area (Å²) in [5.41, 5.74) is 0.262. The van der Waals surface area contributed by atoms with Crippen molar-refractivity contribution in [3.8, 4) is 0 Å². The molecular weight excluding hydrogens is 371 g/mol. The molecule has 0 spiro atoms. The third-order valence-electron chi connectivity index (χ3n) is 3.83. The van der Waals surface area contributed by atoms with Crippen molar-refractivity contribution in [3.05, 3.63) is 31.9 Å². The van der Waals surface area contributed by atoms with E-state index in [9.17, 15) is 15.2 Å². The minimum absolute atomic E-state index is 0.112. The smallest absolute Gasteiger partial charge is 0.282 e. The third kappa shape index (κ3) is 3.82. The number of anilines is 1. The highest BCUT2D eigenvalue weighted by atomic mass is 127. The van der Waals surface area contributed by atoms with Crippen LogP contribution in [0, 0.1) is 19.6 Å². The molecule has 0 aromatic heterocycles. The highest BCUT2D eigenvalue weighted by Crippen LogP contribution is 2.32. The molecule has 0 radical (unpaired) electrons. The van der Waals surface area contributed by atoms with Crippen molar-refractivity contribution in [1.29, 1.82) is 0 Å². The van der Waals surface area contributed by atoms with E-state index in [1.807, 2.05) is 22.6 Å². The average Bonchev–Trinajstić information content (AvgIpc) is 2.36. The molecule has 2 rings (SSSR count). The summed E-state index contributed by atoms with van der Waals surface area (Å²) in [5, 5.41) is 24.5. The Kier molecular flexibility index (Phi) is 4.85. The molecule has 6 heteroatoms. The van der Waals surface area contributed by atoms with Crippen LogP contribution in [0.1, 0.15) is 32.6 Å². The van der Waals surface area contributed by atoms with Crippen molar-refractivity contribution in [1.82, 2.24) is 0 Å². The number of nitro benzene ring substituents is 1. The summed E-state index contributed by atoms with van der Waals surface area (Å²) in [4.78, 5) is 10.4. The lowest BCUT2D eigenvalue weighted by Gasteiger charge is -2.35. The van der Waals surface area contributed by atoms with Crippen molar-refractivity contribution < 1.29 is 10.0 Å². The topological polar surface area (TPSA) is 75.4 Å². The predicted molar refractivity (Wildman–Crippen MR) is 86.9 cm³/mol. The average molecular weight is 390 g/mol. The van der Waals surface area contributed by atoms with E-state index in [1.54, 1.807) is 12.1 Å². The Hall–Kier alpha value is -0.890. The van der Waals surface area contributed by atoms with Gasteiger partial charge in [-0.25, -0.2) is 0 Å². The number of nitro groups is 1. The van der Waals surface area contributed by atoms with E-state index in [-0.39, 0.29) is 10.6 Å². The summed E-state index contributed by atoms with van der Waals surface area (Å²) in [6.45, 7) is 2.66. The van der Waals surface area contributed by atoms with Gasteiger partial charge in [-0.15, -0.1) is 0 Å². The molecule has 2 unspecified atom stereocenters. The molecule has 5 nitrogen and oxygen atoms in total. The molecule has 1 aliphatic carbocycles. The van der Waals surface area contributed by atoms with Crippen molar-refractivity contribution in [2.75, 3.05) is 11.9 Å². The van der Waals surface area contributed by atoms with Crippen LogP contribution in [0.15, 0.2) is 18.2 Å². The number of nitrogens with one attached hydrogen (secondary N) is 1. The second-order valence-electron chi connectivity index (χ2n) is 5.70. The van der Waals surface area contributed by atoms with Gasteiger partial charge in [0.05, 0.1) is 14.1 Å². The van der Waals surface area contributed by atoms with Crippen LogP contribution in [0.2, 0.25) is 0 Å². The second kappa shape index (κ2) is 6.26. The molecule has 0 aliphatic heterocycles. The van der Waals surface area contributed by atoms with Gasteiger partial charge in [-0.3, -0.25) is 10.1 Å². The van der Waals surface area contributed by atoms with Crippen LogP contribution in [-0.2, 0) is 0 Å². The minimum atomic E-state index is -0.662. The summed E-state index contributed by atoms with van der Waals surface area (Å²) in [6.07, 6.45) is 3.85. The van der Waals surface area contributed by atoms with Crippen LogP contribution in [0.5, 0.6) is 0 Å². The van der Waals surface area contributed by atoms with E-state index < -0.39 is 5.60 Å². The first-order valence-corrected chi connectivity index (χ1v) is 7.88. The summed E-state index contributed by atoms with van der Waals surface area (Å²) in [6, 6.07) is 4.93. The highest BCUT2D eigenvalue weighted by molar-refractivity contribution is 14.1. The number of rotatable bonds is 4. The van der Waals surface area contributed by atoms with E-state index >= 15 is 0 Å². The van der Waals surface area contributed by atoms with E-state index in [4.69, 9.17) is 0 Å². The van der Waals surface area contributed by atoms with E-state index in [0.717, 1.165) is 24.9 Å². The fourth-order valence-electron chi connectivity index (χ4n) is 2.82. The monoisotopic (exact) mass is 390 g/mol. The number of hydrogen-bond acceptors (Lipinski definition) is 4. The summed E-state index contributed by atoms with van der Waals surface area (Å²) < 4.78 is 0.599. The molecule has 1 aliphatic rings. The van der Waals surface area contributed by atoms with Crippen LogP contribution in [0.4, 0.5) is 11.4 Å². The zero-order chi connectivity index (χ0) is 14.8. The first-order chi connectivity index (χ1) is 9.39. The van der Waals surface area contributed by atoms with E-state index in [0.29, 0.717) is 16.0 Å². The first kappa shape index (κ1) is 15.5. The van der Waals surface area contributed by atoms with Gasteiger partial charge >= 0.3 is 0 Å². The maximum absolute atomic E-state index is 10.8. The fraction of sp³-hybridized carbons (Fsp3) is 0.571. The molecule has 20 heavy (non-hydrogen) atoms. The van der Waals surface area contributed by atoms with Crippen LogP contribution >= 0.6 is 22.6 Å². The summed E-state index contributed by atoms with van der Waals surface area (Å²) in [7, 11) is 0. The van der Waals surface area contributed by atoms with Gasteiger partial charge in [0.25, 0.3) is 5.69 Å². The molecule has 2 atom stereocenters. The Morgan fingerprint density at radius 2 is 2.35 bits per heavy atom. The molecule has 0 heterocycles. The maximum atomic E-state index is 10.8. The number of aliphatic hydroxyl groups is 1. The Morgan fingerprint density at radius 1 is 1.60 bits per heavy atom. The Balaban J connectivity index is 2.00. The molecule has 0 saturated heterocycles. The van der Waals surface area contributed by atoms with Gasteiger partial charge in [0.1, 0.15) is 0 Å². The summed E-state index contributed by atoms with van der Waals surface area (Å²) >= 11 is 1.96. The number of nitrogens with zero attached hydrogens (tertiary/aromatic N) is 1. The molecule has 1 aromatic rings. The number of halogens is 1. The van der Waals surface area contributed by atoms with Crippen LogP contribution < -0.4 is 5.32 Å². The van der Waals surface area contributed by atoms with Gasteiger partial charge in [-0.05, 0) is 53.5 Å². The predicted octanol–water partition coefficient (Wildman–Crippen LogP) is 3.55. The van der Waals surface area contributed by atoms with Gasteiger partial charge in [0, 0.05) is 18.3 Å². The number of hydrogen-bond donors (Lipinski definition) is 2. The number of benzene rings is 1. The zero-order valence-corrected chi connectivity index (χ0v) is 13.6. The van der Waals surface area contributed by atoms with Gasteiger partial charge in [-0.2, -0.15) is 0 Å². The molecular formula is C14H19IN2O3. The van der Waals surface area contributed by atoms with Crippen LogP contribution in [-0.4, -0.2) is 22.2 Å². The lowest BCUT2D eigenvalue weighted by molar-refractivity contribution is -0.385. The Bertz CT molecular complexity index is 509. The lowest BCUT2D eigenvalue weighted by atomic mass is 9.79. The van der Waals surface area contributed by atoms with Crippen molar-refractivity contribution in [3.63, 3.8) is 0 Å². The Labute approximate surface area is 132 Å².